The first-order valence-corrected chi connectivity index (χ1v) is 8.19. The summed E-state index contributed by atoms with van der Waals surface area (Å²) >= 11 is 0. The fraction of sp³-hybridized carbons (Fsp3) is 0.500. The van der Waals surface area contributed by atoms with Crippen molar-refractivity contribution in [1.29, 1.82) is 0 Å². The Morgan fingerprint density at radius 1 is 1.21 bits per heavy atom. The molecule has 0 bridgehead atoms. The molecule has 0 aromatic heterocycles. The van der Waals surface area contributed by atoms with Crippen molar-refractivity contribution in [3.63, 3.8) is 0 Å². The van der Waals surface area contributed by atoms with Crippen molar-refractivity contribution in [3.8, 4) is 0 Å². The molecular weight excluding hydrogens is 306 g/mol. The number of hydrogen-bond donors (Lipinski definition) is 2. The predicted octanol–water partition coefficient (Wildman–Crippen LogP) is 1.94. The monoisotopic (exact) mass is 331 g/mol. The van der Waals surface area contributed by atoms with Crippen LogP contribution in [-0.4, -0.2) is 41.8 Å². The number of nitrogens with one attached hydrogen (secondary N) is 1. The van der Waals surface area contributed by atoms with E-state index in [0.717, 1.165) is 0 Å². The molecule has 6 heteroatoms. The Morgan fingerprint density at radius 2 is 1.88 bits per heavy atom. The van der Waals surface area contributed by atoms with Crippen LogP contribution in [0.25, 0.3) is 0 Å². The molecule has 1 aliphatic heterocycles. The molecule has 1 atom stereocenters. The lowest BCUT2D eigenvalue weighted by Gasteiger charge is -2.24. The van der Waals surface area contributed by atoms with E-state index in [-0.39, 0.29) is 24.2 Å². The predicted molar refractivity (Wildman–Crippen MR) is 91.5 cm³/mol. The van der Waals surface area contributed by atoms with Crippen LogP contribution >= 0.6 is 0 Å². The van der Waals surface area contributed by atoms with E-state index in [9.17, 15) is 14.4 Å². The highest BCUT2D eigenvalue weighted by atomic mass is 16.2. The van der Waals surface area contributed by atoms with Gasteiger partial charge in [0.05, 0.1) is 0 Å². The Labute approximate surface area is 142 Å². The molecule has 1 heterocycles. The molecular formula is C18H25N3O3. The zero-order valence-electron chi connectivity index (χ0n) is 14.2. The van der Waals surface area contributed by atoms with Crippen LogP contribution < -0.4 is 11.1 Å². The number of amides is 3. The number of nitrogens with zero attached hydrogens (tertiary/aromatic N) is 1. The molecule has 1 aromatic rings. The van der Waals surface area contributed by atoms with Crippen LogP contribution in [0.5, 0.6) is 0 Å². The van der Waals surface area contributed by atoms with Gasteiger partial charge in [-0.05, 0) is 11.8 Å². The number of nitrogens with two attached hydrogens (primary N) is 1. The van der Waals surface area contributed by atoms with E-state index in [0.29, 0.717) is 31.5 Å². The number of urea groups is 1. The van der Waals surface area contributed by atoms with Crippen LogP contribution in [0.15, 0.2) is 30.3 Å². The first kappa shape index (κ1) is 18.0. The molecule has 24 heavy (non-hydrogen) atoms. The number of carbonyl (C=O) groups excluding carboxylic acids is 3. The fourth-order valence-electron chi connectivity index (χ4n) is 3.01. The molecule has 0 saturated carbocycles. The van der Waals surface area contributed by atoms with E-state index in [4.69, 9.17) is 5.73 Å². The summed E-state index contributed by atoms with van der Waals surface area (Å²) in [7, 11) is 0. The second-order valence-electron chi connectivity index (χ2n) is 7.14. The number of primary amides is 1. The summed E-state index contributed by atoms with van der Waals surface area (Å²) in [5.74, 6) is -0.0636. The van der Waals surface area contributed by atoms with Gasteiger partial charge in [0, 0.05) is 37.5 Å². The number of ketones is 1. The van der Waals surface area contributed by atoms with Crippen molar-refractivity contribution in [1.82, 2.24) is 10.2 Å². The van der Waals surface area contributed by atoms with Gasteiger partial charge in [0.1, 0.15) is 0 Å². The van der Waals surface area contributed by atoms with Crippen LogP contribution in [0.2, 0.25) is 0 Å². The zero-order valence-corrected chi connectivity index (χ0v) is 14.2. The van der Waals surface area contributed by atoms with Crippen molar-refractivity contribution in [2.75, 3.05) is 13.1 Å². The Hall–Kier alpha value is -2.37. The average molecular weight is 331 g/mol. The maximum Gasteiger partial charge on any atom is 0.314 e. The largest absolute Gasteiger partial charge is 0.352 e. The topological polar surface area (TPSA) is 92.5 Å². The van der Waals surface area contributed by atoms with E-state index in [1.54, 1.807) is 12.1 Å². The molecule has 1 aliphatic rings. The number of benzene rings is 1. The summed E-state index contributed by atoms with van der Waals surface area (Å²) in [5.41, 5.74) is 5.47. The molecule has 0 aliphatic carbocycles. The quantitative estimate of drug-likeness (QED) is 0.780. The van der Waals surface area contributed by atoms with E-state index >= 15 is 0 Å². The molecule has 6 nitrogen and oxygen atoms in total. The first-order chi connectivity index (χ1) is 11.3. The first-order valence-electron chi connectivity index (χ1n) is 8.19. The average Bonchev–Trinajstić information content (AvgIpc) is 2.95. The van der Waals surface area contributed by atoms with Crippen molar-refractivity contribution < 1.29 is 14.4 Å². The minimum atomic E-state index is -0.458. The second-order valence-corrected chi connectivity index (χ2v) is 7.14. The van der Waals surface area contributed by atoms with Crippen LogP contribution in [0, 0.1) is 5.41 Å². The highest BCUT2D eigenvalue weighted by Crippen LogP contribution is 2.27. The van der Waals surface area contributed by atoms with E-state index in [1.165, 1.54) is 4.90 Å². The Bertz CT molecular complexity index is 613. The van der Waals surface area contributed by atoms with Gasteiger partial charge in [0.2, 0.25) is 5.91 Å². The van der Waals surface area contributed by atoms with Crippen molar-refractivity contribution in [2.45, 2.75) is 39.2 Å². The minimum Gasteiger partial charge on any atom is -0.352 e. The van der Waals surface area contributed by atoms with Gasteiger partial charge in [-0.1, -0.05) is 44.2 Å². The van der Waals surface area contributed by atoms with E-state index < -0.39 is 11.4 Å². The van der Waals surface area contributed by atoms with Gasteiger partial charge >= 0.3 is 6.03 Å². The Morgan fingerprint density at radius 3 is 2.46 bits per heavy atom. The maximum absolute atomic E-state index is 12.3. The summed E-state index contributed by atoms with van der Waals surface area (Å²) in [4.78, 5) is 37.2. The third-order valence-corrected chi connectivity index (χ3v) is 4.24. The van der Waals surface area contributed by atoms with Crippen molar-refractivity contribution in [3.05, 3.63) is 35.9 Å². The van der Waals surface area contributed by atoms with E-state index in [1.807, 2.05) is 32.0 Å². The molecule has 0 radical (unpaired) electrons. The molecule has 1 saturated heterocycles. The summed E-state index contributed by atoms with van der Waals surface area (Å²) < 4.78 is 0. The normalized spacial score (nSPS) is 17.6. The van der Waals surface area contributed by atoms with E-state index in [2.05, 4.69) is 5.32 Å². The number of likely N-dealkylation sites (tertiary alicyclic amines) is 1. The van der Waals surface area contributed by atoms with Crippen LogP contribution in [0.4, 0.5) is 4.79 Å². The summed E-state index contributed by atoms with van der Waals surface area (Å²) in [6.45, 7) is 4.84. The van der Waals surface area contributed by atoms with Crippen molar-refractivity contribution >= 4 is 17.7 Å². The molecule has 1 aromatic carbocycles. The Balaban J connectivity index is 1.84. The molecule has 1 fully saturated rings. The van der Waals surface area contributed by atoms with Crippen LogP contribution in [0.1, 0.15) is 43.5 Å². The molecule has 130 valence electrons. The van der Waals surface area contributed by atoms with Gasteiger partial charge in [-0.15, -0.1) is 0 Å². The van der Waals surface area contributed by atoms with Crippen LogP contribution in [-0.2, 0) is 4.79 Å². The lowest BCUT2D eigenvalue weighted by Crippen LogP contribution is -2.41. The number of hydrogen-bond acceptors (Lipinski definition) is 3. The van der Waals surface area contributed by atoms with Gasteiger partial charge in [0.15, 0.2) is 5.78 Å². The highest BCUT2D eigenvalue weighted by molar-refractivity contribution is 5.96. The molecule has 2 rings (SSSR count). The lowest BCUT2D eigenvalue weighted by atomic mass is 9.82. The fourth-order valence-corrected chi connectivity index (χ4v) is 3.01. The van der Waals surface area contributed by atoms with Gasteiger partial charge in [-0.25, -0.2) is 4.79 Å². The smallest absolute Gasteiger partial charge is 0.314 e. The molecule has 0 spiro atoms. The maximum atomic E-state index is 12.3. The third kappa shape index (κ3) is 5.08. The minimum absolute atomic E-state index is 0.0363. The summed E-state index contributed by atoms with van der Waals surface area (Å²) in [6, 6.07) is 8.58. The molecule has 1 unspecified atom stereocenters. The number of rotatable bonds is 6. The summed E-state index contributed by atoms with van der Waals surface area (Å²) in [6.07, 6.45) is 1.28. The van der Waals surface area contributed by atoms with Crippen LogP contribution in [0.3, 0.4) is 0 Å². The van der Waals surface area contributed by atoms with Gasteiger partial charge in [-0.3, -0.25) is 9.59 Å². The molecule has 3 amide bonds. The SMILES string of the molecule is CC(C)(CC(=O)NC1CCN(C(N)=O)C1)CC(=O)c1ccccc1. The third-order valence-electron chi connectivity index (χ3n) is 4.24. The van der Waals surface area contributed by atoms with Gasteiger partial charge in [0.25, 0.3) is 0 Å². The highest BCUT2D eigenvalue weighted by Gasteiger charge is 2.29. The van der Waals surface area contributed by atoms with Crippen molar-refractivity contribution in [2.24, 2.45) is 11.1 Å². The molecule has 3 N–H and O–H groups in total. The standard InChI is InChI=1S/C18H25N3O3/c1-18(2,10-15(22)13-6-4-3-5-7-13)11-16(23)20-14-8-9-21(12-14)17(19)24/h3-7,14H,8-12H2,1-2H3,(H2,19,24)(H,20,23). The van der Waals surface area contributed by atoms with Gasteiger partial charge in [-0.2, -0.15) is 0 Å². The number of Topliss-reactive ketones (excluding diaryl/α,β-unsaturated/α-hetero) is 1. The zero-order chi connectivity index (χ0) is 17.7. The Kier molecular flexibility index (Phi) is 5.59. The van der Waals surface area contributed by atoms with Gasteiger partial charge < -0.3 is 16.0 Å². The number of carbonyl (C=O) groups is 3. The summed E-state index contributed by atoms with van der Waals surface area (Å²) in [5, 5.41) is 2.93. The lowest BCUT2D eigenvalue weighted by molar-refractivity contribution is -0.123. The second kappa shape index (κ2) is 7.47.